The summed E-state index contributed by atoms with van der Waals surface area (Å²) in [4.78, 5) is -0.311. The first-order valence-corrected chi connectivity index (χ1v) is 9.33. The highest BCUT2D eigenvalue weighted by molar-refractivity contribution is 7.99. The number of rotatable bonds is 7. The Kier molecular flexibility index (Phi) is 7.25. The minimum Gasteiger partial charge on any atom is -0.203 e. The van der Waals surface area contributed by atoms with E-state index in [0.29, 0.717) is 11.5 Å². The topological polar surface area (TPSA) is 0 Å². The molecule has 1 aliphatic rings. The highest BCUT2D eigenvalue weighted by Crippen LogP contribution is 2.40. The van der Waals surface area contributed by atoms with E-state index in [1.54, 1.807) is 0 Å². The molecule has 5 heteroatoms. The van der Waals surface area contributed by atoms with Crippen molar-refractivity contribution in [3.63, 3.8) is 0 Å². The van der Waals surface area contributed by atoms with Crippen LogP contribution in [0.4, 0.5) is 17.6 Å². The van der Waals surface area contributed by atoms with Gasteiger partial charge in [0.05, 0.1) is 4.90 Å². The standard InChI is InChI=1S/C18H24F4S/c1-2-3-4-5-12-6-8-13(9-7-12)14-10-11-15(23-18(21)22)17(20)16(14)19/h10-13,18H,2-9H2,1H3. The molecule has 2 rings (SSSR count). The van der Waals surface area contributed by atoms with Crippen LogP contribution in [0.1, 0.15) is 69.8 Å². The number of unbranched alkanes of at least 4 members (excludes halogenated alkanes) is 2. The van der Waals surface area contributed by atoms with Gasteiger partial charge in [-0.15, -0.1) is 0 Å². The van der Waals surface area contributed by atoms with Gasteiger partial charge in [-0.3, -0.25) is 0 Å². The summed E-state index contributed by atoms with van der Waals surface area (Å²) in [5.74, 6) is -4.10. The summed E-state index contributed by atoms with van der Waals surface area (Å²) in [5.41, 5.74) is 0.355. The normalized spacial score (nSPS) is 21.8. The van der Waals surface area contributed by atoms with Crippen LogP contribution in [0.3, 0.4) is 0 Å². The summed E-state index contributed by atoms with van der Waals surface area (Å²) >= 11 is 0.0578. The fraction of sp³-hybridized carbons (Fsp3) is 0.667. The summed E-state index contributed by atoms with van der Waals surface area (Å²) < 4.78 is 52.8. The van der Waals surface area contributed by atoms with Crippen molar-refractivity contribution in [1.29, 1.82) is 0 Å². The van der Waals surface area contributed by atoms with E-state index in [9.17, 15) is 17.6 Å². The van der Waals surface area contributed by atoms with Gasteiger partial charge < -0.3 is 0 Å². The molecule has 1 aromatic carbocycles. The van der Waals surface area contributed by atoms with Crippen LogP contribution in [0.25, 0.3) is 0 Å². The molecular formula is C18H24F4S. The smallest absolute Gasteiger partial charge is 0.203 e. The molecule has 1 saturated carbocycles. The Morgan fingerprint density at radius 3 is 2.35 bits per heavy atom. The van der Waals surface area contributed by atoms with E-state index in [0.717, 1.165) is 25.7 Å². The van der Waals surface area contributed by atoms with Crippen LogP contribution in [0, 0.1) is 17.6 Å². The number of benzene rings is 1. The zero-order valence-corrected chi connectivity index (χ0v) is 14.3. The average Bonchev–Trinajstić information content (AvgIpc) is 2.53. The molecule has 1 aromatic rings. The first-order chi connectivity index (χ1) is 11.0. The van der Waals surface area contributed by atoms with Crippen molar-refractivity contribution in [2.75, 3.05) is 0 Å². The number of hydrogen-bond donors (Lipinski definition) is 0. The fourth-order valence-electron chi connectivity index (χ4n) is 3.49. The zero-order chi connectivity index (χ0) is 16.8. The van der Waals surface area contributed by atoms with Gasteiger partial charge in [0.1, 0.15) is 0 Å². The molecule has 0 bridgehead atoms. The molecule has 130 valence electrons. The minimum absolute atomic E-state index is 0.0116. The van der Waals surface area contributed by atoms with E-state index in [2.05, 4.69) is 6.92 Å². The summed E-state index contributed by atoms with van der Waals surface area (Å²) in [6.07, 6.45) is 8.73. The minimum atomic E-state index is -2.74. The van der Waals surface area contributed by atoms with Gasteiger partial charge in [0, 0.05) is 0 Å². The van der Waals surface area contributed by atoms with Crippen LogP contribution in [-0.2, 0) is 0 Å². The SMILES string of the molecule is CCCCCC1CCC(c2ccc(SC(F)F)c(F)c2F)CC1. The predicted molar refractivity (Wildman–Crippen MR) is 87.1 cm³/mol. The van der Waals surface area contributed by atoms with Gasteiger partial charge in [-0.2, -0.15) is 8.78 Å². The molecule has 0 saturated heterocycles. The Labute approximate surface area is 140 Å². The monoisotopic (exact) mass is 348 g/mol. The van der Waals surface area contributed by atoms with Gasteiger partial charge in [0.15, 0.2) is 11.6 Å². The van der Waals surface area contributed by atoms with Crippen molar-refractivity contribution >= 4 is 11.8 Å². The quantitative estimate of drug-likeness (QED) is 0.287. The first kappa shape index (κ1) is 18.6. The molecule has 0 radical (unpaired) electrons. The molecule has 0 aromatic heterocycles. The molecule has 0 amide bonds. The molecule has 1 aliphatic carbocycles. The Hall–Kier alpha value is -0.710. The van der Waals surface area contributed by atoms with Crippen LogP contribution in [-0.4, -0.2) is 5.76 Å². The predicted octanol–water partition coefficient (Wildman–Crippen LogP) is 7.13. The molecule has 0 heterocycles. The van der Waals surface area contributed by atoms with Crippen molar-refractivity contribution in [2.45, 2.75) is 74.9 Å². The fourth-order valence-corrected chi connectivity index (χ4v) is 4.03. The lowest BCUT2D eigenvalue weighted by Crippen LogP contribution is -2.15. The van der Waals surface area contributed by atoms with Crippen LogP contribution in [0.2, 0.25) is 0 Å². The lowest BCUT2D eigenvalue weighted by Gasteiger charge is -2.29. The Morgan fingerprint density at radius 2 is 1.74 bits per heavy atom. The lowest BCUT2D eigenvalue weighted by molar-refractivity contribution is 0.251. The van der Waals surface area contributed by atoms with Gasteiger partial charge >= 0.3 is 0 Å². The largest absolute Gasteiger partial charge is 0.289 e. The molecule has 0 nitrogen and oxygen atoms in total. The van der Waals surface area contributed by atoms with Crippen LogP contribution in [0.5, 0.6) is 0 Å². The van der Waals surface area contributed by atoms with Crippen molar-refractivity contribution in [2.24, 2.45) is 5.92 Å². The second kappa shape index (κ2) is 8.95. The van der Waals surface area contributed by atoms with Gasteiger partial charge in [-0.25, -0.2) is 8.78 Å². The second-order valence-electron chi connectivity index (χ2n) is 6.37. The molecule has 23 heavy (non-hydrogen) atoms. The Balaban J connectivity index is 1.97. The zero-order valence-electron chi connectivity index (χ0n) is 13.5. The van der Waals surface area contributed by atoms with E-state index in [-0.39, 0.29) is 22.6 Å². The third-order valence-corrected chi connectivity index (χ3v) is 5.54. The molecule has 0 atom stereocenters. The average molecular weight is 348 g/mol. The van der Waals surface area contributed by atoms with E-state index in [1.807, 2.05) is 0 Å². The molecular weight excluding hydrogens is 324 g/mol. The van der Waals surface area contributed by atoms with Crippen LogP contribution >= 0.6 is 11.8 Å². The molecule has 1 fully saturated rings. The Bertz CT molecular complexity index is 496. The number of alkyl halides is 2. The van der Waals surface area contributed by atoms with Gasteiger partial charge in [0.2, 0.25) is 0 Å². The molecule has 0 unspecified atom stereocenters. The molecule has 0 N–H and O–H groups in total. The lowest BCUT2D eigenvalue weighted by atomic mass is 9.77. The third-order valence-electron chi connectivity index (χ3n) is 4.80. The van der Waals surface area contributed by atoms with E-state index in [1.165, 1.54) is 37.8 Å². The van der Waals surface area contributed by atoms with Gasteiger partial charge in [-0.05, 0) is 49.1 Å². The van der Waals surface area contributed by atoms with Crippen molar-refractivity contribution < 1.29 is 17.6 Å². The number of thioether (sulfide) groups is 1. The first-order valence-electron chi connectivity index (χ1n) is 8.45. The maximum Gasteiger partial charge on any atom is 0.289 e. The number of hydrogen-bond acceptors (Lipinski definition) is 1. The maximum absolute atomic E-state index is 14.2. The molecule has 0 spiro atoms. The maximum atomic E-state index is 14.2. The van der Waals surface area contributed by atoms with Crippen molar-refractivity contribution in [1.82, 2.24) is 0 Å². The summed E-state index contributed by atoms with van der Waals surface area (Å²) in [7, 11) is 0. The summed E-state index contributed by atoms with van der Waals surface area (Å²) in [6, 6.07) is 2.78. The number of halogens is 4. The van der Waals surface area contributed by atoms with E-state index >= 15 is 0 Å². The molecule has 0 aliphatic heterocycles. The summed E-state index contributed by atoms with van der Waals surface area (Å²) in [6.45, 7) is 2.18. The highest BCUT2D eigenvalue weighted by Gasteiger charge is 2.26. The van der Waals surface area contributed by atoms with E-state index < -0.39 is 17.4 Å². The summed E-state index contributed by atoms with van der Waals surface area (Å²) in [5, 5.41) is 0. The Morgan fingerprint density at radius 1 is 1.04 bits per heavy atom. The van der Waals surface area contributed by atoms with Crippen molar-refractivity contribution in [3.8, 4) is 0 Å². The van der Waals surface area contributed by atoms with Crippen LogP contribution < -0.4 is 0 Å². The highest BCUT2D eigenvalue weighted by atomic mass is 32.2. The van der Waals surface area contributed by atoms with Crippen LogP contribution in [0.15, 0.2) is 17.0 Å². The van der Waals surface area contributed by atoms with E-state index in [4.69, 9.17) is 0 Å². The third kappa shape index (κ3) is 5.13. The second-order valence-corrected chi connectivity index (χ2v) is 7.40. The van der Waals surface area contributed by atoms with Gasteiger partial charge in [-0.1, -0.05) is 50.4 Å². The van der Waals surface area contributed by atoms with Crippen molar-refractivity contribution in [3.05, 3.63) is 29.3 Å². The van der Waals surface area contributed by atoms with Gasteiger partial charge in [0.25, 0.3) is 5.76 Å².